The number of amides is 1. The second kappa shape index (κ2) is 8.35. The van der Waals surface area contributed by atoms with E-state index < -0.39 is 17.7 Å². The normalized spacial score (nSPS) is 17.8. The number of Topliss-reactive ketones (excluding diaryl/α,β-unsaturated/α-hetero) is 1. The van der Waals surface area contributed by atoms with E-state index >= 15 is 0 Å². The molecule has 4 rings (SSSR count). The highest BCUT2D eigenvalue weighted by molar-refractivity contribution is 9.10. The Morgan fingerprint density at radius 2 is 1.87 bits per heavy atom. The maximum absolute atomic E-state index is 13.1. The van der Waals surface area contributed by atoms with Crippen LogP contribution in [0.4, 0.5) is 5.69 Å². The molecule has 2 aromatic carbocycles. The molecule has 1 saturated heterocycles. The Labute approximate surface area is 187 Å². The minimum Gasteiger partial charge on any atom is -0.507 e. The molecule has 0 bridgehead atoms. The van der Waals surface area contributed by atoms with Crippen LogP contribution in [-0.4, -0.2) is 28.9 Å². The molecule has 7 heteroatoms. The molecule has 1 fully saturated rings. The summed E-state index contributed by atoms with van der Waals surface area (Å²) in [6, 6.07) is 14.8. The lowest BCUT2D eigenvalue weighted by Gasteiger charge is -2.25. The van der Waals surface area contributed by atoms with Crippen LogP contribution in [-0.2, 0) is 9.59 Å². The van der Waals surface area contributed by atoms with E-state index in [1.165, 1.54) is 4.90 Å². The van der Waals surface area contributed by atoms with Crippen molar-refractivity contribution in [1.29, 1.82) is 0 Å². The standard InChI is InChI=1S/C24H19BrN2O4/c1-14-5-8-17(12-19(14)25)27-21(16-4-3-11-26-13-16)20(23(29)24(27)30)22(28)15-6-9-18(31-2)10-7-15/h3-13,21,28H,1-2H3/b22-20+. The van der Waals surface area contributed by atoms with Gasteiger partial charge in [0, 0.05) is 28.1 Å². The first kappa shape index (κ1) is 20.8. The third kappa shape index (κ3) is 3.72. The summed E-state index contributed by atoms with van der Waals surface area (Å²) >= 11 is 3.49. The predicted molar refractivity (Wildman–Crippen MR) is 121 cm³/mol. The number of aryl methyl sites for hydroxylation is 1. The number of halogens is 1. The molecule has 1 amide bonds. The molecule has 0 spiro atoms. The Kier molecular flexibility index (Phi) is 5.61. The topological polar surface area (TPSA) is 79.7 Å². The molecule has 0 saturated carbocycles. The summed E-state index contributed by atoms with van der Waals surface area (Å²) in [5.74, 6) is -1.09. The van der Waals surface area contributed by atoms with Crippen molar-refractivity contribution >= 4 is 39.1 Å². The fourth-order valence-corrected chi connectivity index (χ4v) is 3.95. The fourth-order valence-electron chi connectivity index (χ4n) is 3.59. The minimum atomic E-state index is -0.814. The molecule has 1 unspecified atom stereocenters. The molecule has 3 aromatic rings. The molecule has 0 aliphatic carbocycles. The quantitative estimate of drug-likeness (QED) is 0.331. The third-order valence-electron chi connectivity index (χ3n) is 5.24. The van der Waals surface area contributed by atoms with Gasteiger partial charge in [-0.15, -0.1) is 0 Å². The Hall–Kier alpha value is -3.45. The van der Waals surface area contributed by atoms with Gasteiger partial charge < -0.3 is 9.84 Å². The predicted octanol–water partition coefficient (Wildman–Crippen LogP) is 4.79. The first-order valence-electron chi connectivity index (χ1n) is 9.54. The van der Waals surface area contributed by atoms with Crippen LogP contribution in [0, 0.1) is 6.92 Å². The lowest BCUT2D eigenvalue weighted by atomic mass is 9.96. The number of ketones is 1. The van der Waals surface area contributed by atoms with Gasteiger partial charge in [-0.25, -0.2) is 0 Å². The highest BCUT2D eigenvalue weighted by Gasteiger charge is 2.47. The van der Waals surface area contributed by atoms with Crippen LogP contribution in [0.15, 0.2) is 77.0 Å². The van der Waals surface area contributed by atoms with Gasteiger partial charge in [0.1, 0.15) is 11.5 Å². The number of pyridine rings is 1. The fraction of sp³-hybridized carbons (Fsp3) is 0.125. The zero-order chi connectivity index (χ0) is 22.1. The van der Waals surface area contributed by atoms with Crippen molar-refractivity contribution in [2.24, 2.45) is 0 Å². The average molecular weight is 479 g/mol. The van der Waals surface area contributed by atoms with Gasteiger partial charge in [0.2, 0.25) is 0 Å². The number of rotatable bonds is 4. The summed E-state index contributed by atoms with van der Waals surface area (Å²) in [6.07, 6.45) is 3.20. The molecule has 2 heterocycles. The lowest BCUT2D eigenvalue weighted by molar-refractivity contribution is -0.132. The molecule has 1 aliphatic rings. The summed E-state index contributed by atoms with van der Waals surface area (Å²) in [5.41, 5.74) is 2.59. The number of hydrogen-bond acceptors (Lipinski definition) is 5. The van der Waals surface area contributed by atoms with Crippen LogP contribution in [0.2, 0.25) is 0 Å². The summed E-state index contributed by atoms with van der Waals surface area (Å²) < 4.78 is 5.97. The van der Waals surface area contributed by atoms with E-state index in [1.54, 1.807) is 68.0 Å². The number of aromatic nitrogens is 1. The number of anilines is 1. The van der Waals surface area contributed by atoms with Crippen LogP contribution in [0.1, 0.15) is 22.7 Å². The first-order chi connectivity index (χ1) is 14.9. The van der Waals surface area contributed by atoms with Crippen LogP contribution in [0.3, 0.4) is 0 Å². The Bertz CT molecular complexity index is 1190. The van der Waals surface area contributed by atoms with Gasteiger partial charge in [-0.1, -0.05) is 28.1 Å². The second-order valence-electron chi connectivity index (χ2n) is 7.12. The molecule has 1 N–H and O–H groups in total. The molecule has 31 heavy (non-hydrogen) atoms. The van der Waals surface area contributed by atoms with Gasteiger partial charge in [-0.3, -0.25) is 19.5 Å². The number of carbonyl (C=O) groups is 2. The van der Waals surface area contributed by atoms with Gasteiger partial charge in [-0.2, -0.15) is 0 Å². The zero-order valence-electron chi connectivity index (χ0n) is 16.9. The highest BCUT2D eigenvalue weighted by Crippen LogP contribution is 2.42. The lowest BCUT2D eigenvalue weighted by Crippen LogP contribution is -2.29. The third-order valence-corrected chi connectivity index (χ3v) is 6.10. The number of hydrogen-bond donors (Lipinski definition) is 1. The van der Waals surface area contributed by atoms with Gasteiger partial charge in [0.15, 0.2) is 0 Å². The van der Waals surface area contributed by atoms with Crippen molar-refractivity contribution in [3.05, 3.63) is 93.7 Å². The summed E-state index contributed by atoms with van der Waals surface area (Å²) in [7, 11) is 1.54. The minimum absolute atomic E-state index is 0.0138. The first-order valence-corrected chi connectivity index (χ1v) is 10.3. The van der Waals surface area contributed by atoms with Gasteiger partial charge in [0.25, 0.3) is 11.7 Å². The van der Waals surface area contributed by atoms with Gasteiger partial charge in [0.05, 0.1) is 18.7 Å². The Morgan fingerprint density at radius 1 is 1.13 bits per heavy atom. The van der Waals surface area contributed by atoms with E-state index in [0.29, 0.717) is 22.6 Å². The molecular formula is C24H19BrN2O4. The van der Waals surface area contributed by atoms with Crippen LogP contribution in [0.5, 0.6) is 5.75 Å². The number of benzene rings is 2. The van der Waals surface area contributed by atoms with E-state index in [9.17, 15) is 14.7 Å². The van der Waals surface area contributed by atoms with Crippen LogP contribution >= 0.6 is 15.9 Å². The zero-order valence-corrected chi connectivity index (χ0v) is 18.5. The van der Waals surface area contributed by atoms with E-state index in [-0.39, 0.29) is 11.3 Å². The number of aliphatic hydroxyl groups is 1. The van der Waals surface area contributed by atoms with Crippen LogP contribution < -0.4 is 9.64 Å². The van der Waals surface area contributed by atoms with Crippen LogP contribution in [0.25, 0.3) is 5.76 Å². The van der Waals surface area contributed by atoms with Crippen molar-refractivity contribution in [2.75, 3.05) is 12.0 Å². The summed E-state index contributed by atoms with van der Waals surface area (Å²) in [4.78, 5) is 31.8. The van der Waals surface area contributed by atoms with Gasteiger partial charge in [-0.05, 0) is 60.5 Å². The molecule has 156 valence electrons. The molecule has 1 aliphatic heterocycles. The average Bonchev–Trinajstić information content (AvgIpc) is 3.06. The number of nitrogens with zero attached hydrogens (tertiary/aromatic N) is 2. The molecule has 6 nitrogen and oxygen atoms in total. The number of carbonyl (C=O) groups excluding carboxylic acids is 2. The molecule has 0 radical (unpaired) electrons. The van der Waals surface area contributed by atoms with Gasteiger partial charge >= 0.3 is 0 Å². The van der Waals surface area contributed by atoms with Crippen molar-refractivity contribution < 1.29 is 19.4 Å². The molecular weight excluding hydrogens is 460 g/mol. The SMILES string of the molecule is COc1ccc(/C(O)=C2\C(=O)C(=O)N(c3ccc(C)c(Br)c3)C2c2cccnc2)cc1. The number of aliphatic hydroxyl groups excluding tert-OH is 1. The van der Waals surface area contributed by atoms with Crippen molar-refractivity contribution in [3.8, 4) is 5.75 Å². The Balaban J connectivity index is 1.92. The van der Waals surface area contributed by atoms with Crippen molar-refractivity contribution in [3.63, 3.8) is 0 Å². The maximum Gasteiger partial charge on any atom is 0.300 e. The van der Waals surface area contributed by atoms with E-state index in [1.807, 2.05) is 13.0 Å². The monoisotopic (exact) mass is 478 g/mol. The summed E-state index contributed by atoms with van der Waals surface area (Å²) in [5, 5.41) is 11.1. The maximum atomic E-state index is 13.1. The van der Waals surface area contributed by atoms with Crippen molar-refractivity contribution in [1.82, 2.24) is 4.98 Å². The number of ether oxygens (including phenoxy) is 1. The van der Waals surface area contributed by atoms with Crippen molar-refractivity contribution in [2.45, 2.75) is 13.0 Å². The summed E-state index contributed by atoms with van der Waals surface area (Å²) in [6.45, 7) is 1.93. The largest absolute Gasteiger partial charge is 0.507 e. The smallest absolute Gasteiger partial charge is 0.300 e. The molecule has 1 aromatic heterocycles. The van der Waals surface area contributed by atoms with E-state index in [0.717, 1.165) is 10.0 Å². The van der Waals surface area contributed by atoms with E-state index in [2.05, 4.69) is 20.9 Å². The second-order valence-corrected chi connectivity index (χ2v) is 7.97. The number of methoxy groups -OCH3 is 1. The molecule has 1 atom stereocenters. The highest BCUT2D eigenvalue weighted by atomic mass is 79.9. The Morgan fingerprint density at radius 3 is 2.48 bits per heavy atom. The van der Waals surface area contributed by atoms with E-state index in [4.69, 9.17) is 4.74 Å².